The number of hydroxylamine groups is 1. The van der Waals surface area contributed by atoms with Gasteiger partial charge in [-0.3, -0.25) is 24.4 Å². The second kappa shape index (κ2) is 11.3. The summed E-state index contributed by atoms with van der Waals surface area (Å²) < 4.78 is 8.61. The monoisotopic (exact) mass is 594 g/mol. The zero-order valence-corrected chi connectivity index (χ0v) is 22.1. The molecular weight excluding hydrogens is 568 g/mol. The molecule has 1 rings (SSSR count). The molecule has 0 fully saturated rings. The van der Waals surface area contributed by atoms with Crippen LogP contribution in [0.1, 0.15) is 50.5 Å². The Hall–Kier alpha value is -2.18. The van der Waals surface area contributed by atoms with Gasteiger partial charge in [-0.2, -0.15) is 0 Å². The molecule has 0 heterocycles. The van der Waals surface area contributed by atoms with Crippen LogP contribution in [0.15, 0.2) is 18.2 Å². The third-order valence-electron chi connectivity index (χ3n) is 4.42. The van der Waals surface area contributed by atoms with Crippen LogP contribution in [0.3, 0.4) is 0 Å². The van der Waals surface area contributed by atoms with Crippen molar-refractivity contribution in [2.24, 2.45) is 5.41 Å². The lowest BCUT2D eigenvalue weighted by Gasteiger charge is -2.29. The van der Waals surface area contributed by atoms with Crippen molar-refractivity contribution in [2.75, 3.05) is 13.2 Å². The first kappa shape index (κ1) is 28.9. The molecule has 0 spiro atoms. The standard InChI is InChI=1S/C21H28Br2N2O8/c1-19(2,22)17(29)32-10-21(5,11-33-18(30)20(3,4)23)16(28)24-9-12-6-7-13(14(26)8-12)15(27)25-31/h6-8,26,31H,9-11H2,1-5H3,(H,24,28)(H,25,27). The summed E-state index contributed by atoms with van der Waals surface area (Å²) >= 11 is 6.38. The fourth-order valence-electron chi connectivity index (χ4n) is 2.30. The number of hydrogen-bond donors (Lipinski definition) is 4. The summed E-state index contributed by atoms with van der Waals surface area (Å²) in [6, 6.07) is 4.01. The average Bonchev–Trinajstić information content (AvgIpc) is 2.72. The van der Waals surface area contributed by atoms with E-state index in [4.69, 9.17) is 14.7 Å². The number of alkyl halides is 2. The molecule has 1 aromatic rings. The van der Waals surface area contributed by atoms with Crippen LogP contribution in [0.4, 0.5) is 0 Å². The number of benzene rings is 1. The number of ether oxygens (including phenoxy) is 2. The van der Waals surface area contributed by atoms with E-state index >= 15 is 0 Å². The van der Waals surface area contributed by atoms with Crippen LogP contribution >= 0.6 is 31.9 Å². The predicted molar refractivity (Wildman–Crippen MR) is 125 cm³/mol. The minimum Gasteiger partial charge on any atom is -0.507 e. The Kier molecular flexibility index (Phi) is 9.88. The SMILES string of the molecule is CC(C)(Br)C(=O)OCC(C)(COC(=O)C(C)(C)Br)C(=O)NCc1ccc(C(=O)NO)c(O)c1. The number of hydrogen-bond acceptors (Lipinski definition) is 8. The van der Waals surface area contributed by atoms with Crippen molar-refractivity contribution in [3.63, 3.8) is 0 Å². The van der Waals surface area contributed by atoms with Crippen LogP contribution in [0.25, 0.3) is 0 Å². The van der Waals surface area contributed by atoms with Crippen molar-refractivity contribution in [2.45, 2.75) is 49.8 Å². The Morgan fingerprint density at radius 3 is 1.82 bits per heavy atom. The first-order chi connectivity index (χ1) is 15.0. The van der Waals surface area contributed by atoms with Gasteiger partial charge in [-0.05, 0) is 52.3 Å². The van der Waals surface area contributed by atoms with Crippen molar-refractivity contribution in [1.29, 1.82) is 0 Å². The molecule has 0 aliphatic carbocycles. The van der Waals surface area contributed by atoms with E-state index in [9.17, 15) is 24.3 Å². The minimum atomic E-state index is -1.42. The van der Waals surface area contributed by atoms with Gasteiger partial charge in [0.05, 0.1) is 5.56 Å². The molecule has 0 saturated carbocycles. The van der Waals surface area contributed by atoms with Gasteiger partial charge in [0.1, 0.15) is 33.0 Å². The number of carbonyl (C=O) groups is 4. The summed E-state index contributed by atoms with van der Waals surface area (Å²) in [5.41, 5.74) is 0.311. The summed E-state index contributed by atoms with van der Waals surface area (Å²) in [5.74, 6) is -3.05. The Balaban J connectivity index is 2.98. The number of aromatic hydroxyl groups is 1. The Morgan fingerprint density at radius 1 is 0.939 bits per heavy atom. The van der Waals surface area contributed by atoms with Gasteiger partial charge in [-0.1, -0.05) is 37.9 Å². The van der Waals surface area contributed by atoms with Crippen LogP contribution in [0.2, 0.25) is 0 Å². The molecule has 0 aliphatic rings. The van der Waals surface area contributed by atoms with E-state index in [0.29, 0.717) is 5.56 Å². The Labute approximate surface area is 208 Å². The van der Waals surface area contributed by atoms with E-state index in [1.54, 1.807) is 27.7 Å². The number of halogens is 2. The summed E-state index contributed by atoms with van der Waals surface area (Å²) in [6.07, 6.45) is 0. The molecule has 0 atom stereocenters. The highest BCUT2D eigenvalue weighted by Gasteiger charge is 2.39. The second-order valence-corrected chi connectivity index (χ2v) is 12.6. The second-order valence-electron chi connectivity index (χ2n) is 8.63. The smallest absolute Gasteiger partial charge is 0.322 e. The van der Waals surface area contributed by atoms with E-state index < -0.39 is 43.6 Å². The van der Waals surface area contributed by atoms with E-state index in [1.165, 1.54) is 30.6 Å². The lowest BCUT2D eigenvalue weighted by molar-refractivity contribution is -0.159. The van der Waals surface area contributed by atoms with Crippen LogP contribution in [0.5, 0.6) is 5.75 Å². The van der Waals surface area contributed by atoms with Crippen molar-refractivity contribution in [3.05, 3.63) is 29.3 Å². The van der Waals surface area contributed by atoms with Gasteiger partial charge < -0.3 is 19.9 Å². The molecule has 1 aromatic carbocycles. The zero-order chi connectivity index (χ0) is 25.6. The quantitative estimate of drug-likeness (QED) is 0.139. The van der Waals surface area contributed by atoms with Crippen molar-refractivity contribution < 1.29 is 39.0 Å². The third kappa shape index (κ3) is 8.59. The number of nitrogens with one attached hydrogen (secondary N) is 2. The van der Waals surface area contributed by atoms with E-state index in [0.717, 1.165) is 0 Å². The van der Waals surface area contributed by atoms with Gasteiger partial charge in [0.2, 0.25) is 5.91 Å². The molecule has 33 heavy (non-hydrogen) atoms. The van der Waals surface area contributed by atoms with Crippen LogP contribution in [-0.4, -0.2) is 55.9 Å². The lowest BCUT2D eigenvalue weighted by Crippen LogP contribution is -2.47. The van der Waals surface area contributed by atoms with Gasteiger partial charge in [0.25, 0.3) is 5.91 Å². The number of phenolic OH excluding ortho intramolecular Hbond substituents is 1. The first-order valence-electron chi connectivity index (χ1n) is 9.78. The highest BCUT2D eigenvalue weighted by atomic mass is 79.9. The topological polar surface area (TPSA) is 151 Å². The van der Waals surface area contributed by atoms with Crippen LogP contribution in [0, 0.1) is 5.41 Å². The zero-order valence-electron chi connectivity index (χ0n) is 19.0. The van der Waals surface area contributed by atoms with Gasteiger partial charge >= 0.3 is 11.9 Å². The van der Waals surface area contributed by atoms with Crippen molar-refractivity contribution in [3.8, 4) is 5.75 Å². The van der Waals surface area contributed by atoms with Crippen LogP contribution < -0.4 is 10.8 Å². The molecule has 0 unspecified atom stereocenters. The molecule has 4 N–H and O–H groups in total. The number of rotatable bonds is 10. The number of esters is 2. The maximum atomic E-state index is 13.0. The molecule has 12 heteroatoms. The predicted octanol–water partition coefficient (Wildman–Crippen LogP) is 2.57. The molecule has 184 valence electrons. The number of amides is 2. The minimum absolute atomic E-state index is 0.0429. The number of phenols is 1. The van der Waals surface area contributed by atoms with Gasteiger partial charge in [0.15, 0.2) is 0 Å². The summed E-state index contributed by atoms with van der Waals surface area (Å²) in [4.78, 5) is 48.8. The fourth-order valence-corrected chi connectivity index (χ4v) is 2.53. The number of carbonyl (C=O) groups excluding carboxylic acids is 4. The molecule has 10 nitrogen and oxygen atoms in total. The fraction of sp³-hybridized carbons (Fsp3) is 0.524. The van der Waals surface area contributed by atoms with Crippen LogP contribution in [-0.2, 0) is 30.4 Å². The largest absolute Gasteiger partial charge is 0.507 e. The molecule has 0 aliphatic heterocycles. The summed E-state index contributed by atoms with van der Waals surface area (Å²) in [5, 5.41) is 21.3. The highest BCUT2D eigenvalue weighted by Crippen LogP contribution is 2.25. The average molecular weight is 596 g/mol. The highest BCUT2D eigenvalue weighted by molar-refractivity contribution is 9.10. The maximum absolute atomic E-state index is 13.0. The molecule has 0 bridgehead atoms. The molecule has 2 amide bonds. The molecule has 0 radical (unpaired) electrons. The van der Waals surface area contributed by atoms with Crippen molar-refractivity contribution >= 4 is 55.6 Å². The molecule has 0 saturated heterocycles. The maximum Gasteiger partial charge on any atom is 0.322 e. The van der Waals surface area contributed by atoms with Gasteiger partial charge in [-0.25, -0.2) is 5.48 Å². The van der Waals surface area contributed by atoms with E-state index in [-0.39, 0.29) is 25.3 Å². The van der Waals surface area contributed by atoms with E-state index in [2.05, 4.69) is 37.2 Å². The van der Waals surface area contributed by atoms with Gasteiger partial charge in [0, 0.05) is 6.54 Å². The molecule has 0 aromatic heterocycles. The first-order valence-corrected chi connectivity index (χ1v) is 11.4. The summed E-state index contributed by atoms with van der Waals surface area (Å²) in [7, 11) is 0. The van der Waals surface area contributed by atoms with Crippen molar-refractivity contribution in [1.82, 2.24) is 10.8 Å². The summed E-state index contributed by atoms with van der Waals surface area (Å²) in [6.45, 7) is 7.09. The Bertz CT molecular complexity index is 877. The normalized spacial score (nSPS) is 12.0. The lowest BCUT2D eigenvalue weighted by atomic mass is 9.91. The Morgan fingerprint density at radius 2 is 1.42 bits per heavy atom. The van der Waals surface area contributed by atoms with Gasteiger partial charge in [-0.15, -0.1) is 0 Å². The molecular formula is C21H28Br2N2O8. The third-order valence-corrected chi connectivity index (χ3v) is 5.07. The van der Waals surface area contributed by atoms with E-state index in [1.807, 2.05) is 0 Å².